The summed E-state index contributed by atoms with van der Waals surface area (Å²) >= 11 is 0.422. The molecule has 0 saturated carbocycles. The molecule has 0 atom stereocenters. The fourth-order valence-corrected chi connectivity index (χ4v) is 0.874. The van der Waals surface area contributed by atoms with Crippen molar-refractivity contribution >= 4 is 9.53 Å². The Morgan fingerprint density at radius 2 is 1.45 bits per heavy atom. The summed E-state index contributed by atoms with van der Waals surface area (Å²) in [5.41, 5.74) is 0. The van der Waals surface area contributed by atoms with Crippen LogP contribution in [0.15, 0.2) is 24.3 Å². The first kappa shape index (κ1) is 11.4. The van der Waals surface area contributed by atoms with Gasteiger partial charge in [-0.3, -0.25) is 0 Å². The third-order valence-electron chi connectivity index (χ3n) is 1.37. The molecule has 68 valence electrons. The van der Waals surface area contributed by atoms with Gasteiger partial charge in [-0.2, -0.15) is 0 Å². The molecular formula is C9H15ClPd. The molecule has 0 N–H and O–H groups in total. The monoisotopic (exact) mass is 264 g/mol. The summed E-state index contributed by atoms with van der Waals surface area (Å²) in [4.78, 5) is 0. The Morgan fingerprint density at radius 3 is 1.82 bits per heavy atom. The van der Waals surface area contributed by atoms with Crippen LogP contribution in [0.5, 0.6) is 0 Å². The van der Waals surface area contributed by atoms with Gasteiger partial charge in [-0.15, -0.1) is 0 Å². The number of halogens is 1. The molecule has 0 heterocycles. The molecule has 0 unspecified atom stereocenters. The van der Waals surface area contributed by atoms with Crippen molar-refractivity contribution < 1.29 is 17.0 Å². The summed E-state index contributed by atoms with van der Waals surface area (Å²) in [6.45, 7) is 0. The molecule has 0 aromatic heterocycles. The molecule has 0 radical (unpaired) electrons. The molecule has 0 bridgehead atoms. The van der Waals surface area contributed by atoms with E-state index in [0.717, 1.165) is 0 Å². The van der Waals surface area contributed by atoms with Crippen LogP contribution in [0.25, 0.3) is 0 Å². The second-order valence-corrected chi connectivity index (χ2v) is 4.26. The van der Waals surface area contributed by atoms with Gasteiger partial charge in [0.15, 0.2) is 0 Å². The van der Waals surface area contributed by atoms with Gasteiger partial charge in [-0.25, -0.2) is 0 Å². The average molecular weight is 265 g/mol. The molecule has 0 saturated heterocycles. The summed E-state index contributed by atoms with van der Waals surface area (Å²) < 4.78 is 0. The van der Waals surface area contributed by atoms with E-state index in [9.17, 15) is 0 Å². The molecule has 0 amide bonds. The first-order valence-electron chi connectivity index (χ1n) is 3.75. The second kappa shape index (κ2) is 10.4. The van der Waals surface area contributed by atoms with Gasteiger partial charge in [0, 0.05) is 0 Å². The van der Waals surface area contributed by atoms with E-state index < -0.39 is 0 Å². The van der Waals surface area contributed by atoms with Gasteiger partial charge >= 0.3 is 31.9 Å². The van der Waals surface area contributed by atoms with Gasteiger partial charge in [0.05, 0.1) is 0 Å². The fraction of sp³-hybridized carbons (Fsp3) is 0.556. The summed E-state index contributed by atoms with van der Waals surface area (Å²) in [5.74, 6) is 0. The van der Waals surface area contributed by atoms with Crippen molar-refractivity contribution in [3.63, 3.8) is 0 Å². The summed E-state index contributed by atoms with van der Waals surface area (Å²) in [7, 11) is 5.05. The van der Waals surface area contributed by atoms with E-state index in [-0.39, 0.29) is 0 Å². The van der Waals surface area contributed by atoms with Crippen LogP contribution in [-0.4, -0.2) is 0 Å². The van der Waals surface area contributed by atoms with Crippen LogP contribution in [0.4, 0.5) is 0 Å². The quantitative estimate of drug-likeness (QED) is 0.582. The zero-order chi connectivity index (χ0) is 8.36. The average Bonchev–Trinajstić information content (AvgIpc) is 1.86. The van der Waals surface area contributed by atoms with Crippen molar-refractivity contribution in [1.29, 1.82) is 0 Å². The maximum atomic E-state index is 5.05. The van der Waals surface area contributed by atoms with Crippen molar-refractivity contribution in [3.8, 4) is 0 Å². The normalized spacial score (nSPS) is 16.5. The fourth-order valence-electron chi connectivity index (χ4n) is 0.874. The summed E-state index contributed by atoms with van der Waals surface area (Å²) in [6.07, 6.45) is 14.0. The van der Waals surface area contributed by atoms with Crippen LogP contribution < -0.4 is 0 Å². The van der Waals surface area contributed by atoms with Crippen LogP contribution in [0.3, 0.4) is 0 Å². The number of rotatable bonds is 0. The Kier molecular flexibility index (Phi) is 10.8. The Balaban J connectivity index is 0.000000292. The second-order valence-electron chi connectivity index (χ2n) is 2.26. The van der Waals surface area contributed by atoms with Crippen molar-refractivity contribution in [3.05, 3.63) is 24.3 Å². The predicted octanol–water partition coefficient (Wildman–Crippen LogP) is 3.94. The van der Waals surface area contributed by atoms with Gasteiger partial charge in [0.1, 0.15) is 0 Å². The van der Waals surface area contributed by atoms with Gasteiger partial charge < -0.3 is 0 Å². The first-order chi connectivity index (χ1) is 5.41. The molecule has 0 aromatic rings. The van der Waals surface area contributed by atoms with Crippen LogP contribution in [0.1, 0.15) is 25.7 Å². The van der Waals surface area contributed by atoms with Crippen molar-refractivity contribution in [2.45, 2.75) is 31.1 Å². The van der Waals surface area contributed by atoms with Crippen LogP contribution >= 0.6 is 9.53 Å². The van der Waals surface area contributed by atoms with E-state index in [0.29, 0.717) is 17.0 Å². The molecule has 0 aliphatic heterocycles. The predicted molar refractivity (Wildman–Crippen MR) is 48.5 cm³/mol. The van der Waals surface area contributed by atoms with E-state index >= 15 is 0 Å². The van der Waals surface area contributed by atoms with Gasteiger partial charge in [0.2, 0.25) is 0 Å². The van der Waals surface area contributed by atoms with E-state index in [1.807, 2.05) is 5.40 Å². The van der Waals surface area contributed by atoms with Crippen molar-refractivity contribution in [2.75, 3.05) is 0 Å². The van der Waals surface area contributed by atoms with Gasteiger partial charge in [0.25, 0.3) is 0 Å². The molecule has 0 nitrogen and oxygen atoms in total. The molecule has 0 spiro atoms. The molecule has 1 rings (SSSR count). The van der Waals surface area contributed by atoms with E-state index in [1.54, 1.807) is 0 Å². The Bertz CT molecular complexity index is 105. The first-order valence-corrected chi connectivity index (χ1v) is 7.31. The van der Waals surface area contributed by atoms with Gasteiger partial charge in [-0.1, -0.05) is 24.3 Å². The molecule has 0 aromatic carbocycles. The summed E-state index contributed by atoms with van der Waals surface area (Å²) in [6, 6.07) is 0. The van der Waals surface area contributed by atoms with Crippen LogP contribution in [0.2, 0.25) is 5.40 Å². The minimum absolute atomic E-state index is 0.422. The van der Waals surface area contributed by atoms with E-state index in [2.05, 4.69) is 24.3 Å². The molecule has 11 heavy (non-hydrogen) atoms. The zero-order valence-corrected chi connectivity index (χ0v) is 9.14. The Labute approximate surface area is 81.8 Å². The number of hydrogen-bond donors (Lipinski definition) is 0. The Morgan fingerprint density at radius 1 is 1.09 bits per heavy atom. The molecular weight excluding hydrogens is 250 g/mol. The third-order valence-corrected chi connectivity index (χ3v) is 1.37. The molecule has 0 fully saturated rings. The van der Waals surface area contributed by atoms with Crippen molar-refractivity contribution in [1.82, 2.24) is 0 Å². The topological polar surface area (TPSA) is 0 Å². The molecule has 1 aliphatic carbocycles. The molecule has 2 heteroatoms. The van der Waals surface area contributed by atoms with Crippen LogP contribution in [0, 0.1) is 0 Å². The minimum atomic E-state index is 0.422. The molecule has 1 aliphatic rings. The number of allylic oxidation sites excluding steroid dienone is 4. The zero-order valence-electron chi connectivity index (χ0n) is 6.83. The maximum absolute atomic E-state index is 5.05. The summed E-state index contributed by atoms with van der Waals surface area (Å²) in [5, 5.41) is 1.94. The van der Waals surface area contributed by atoms with E-state index in [1.165, 1.54) is 25.7 Å². The standard InChI is InChI=1S/C8H12.CH3.ClH.Pd/c1-2-4-6-8-7-5-3-1;;;/h1-4H,5-8H2;1H3;1H;/q;;;+1/p-1. The van der Waals surface area contributed by atoms with E-state index in [4.69, 9.17) is 9.53 Å². The Hall–Kier alpha value is 0.432. The van der Waals surface area contributed by atoms with Gasteiger partial charge in [-0.05, 0) is 25.7 Å². The SMILES string of the molecule is C1=CCCCCC=C1.[CH3][Pd][Cl]. The van der Waals surface area contributed by atoms with Crippen LogP contribution in [-0.2, 0) is 17.0 Å². The number of hydrogen-bond acceptors (Lipinski definition) is 0. The van der Waals surface area contributed by atoms with Crippen molar-refractivity contribution in [2.24, 2.45) is 0 Å². The third kappa shape index (κ3) is 10.4.